The molecule has 0 radical (unpaired) electrons. The number of carbonyl (C=O) groups excluding carboxylic acids is 2. The van der Waals surface area contributed by atoms with E-state index in [-0.39, 0.29) is 0 Å². The number of H-pyrrole nitrogens is 1. The number of aromatic nitrogens is 2. The van der Waals surface area contributed by atoms with Crippen LogP contribution in [0.15, 0.2) is 66.7 Å². The maximum Gasteiger partial charge on any atom is 0.339 e. The first-order valence-corrected chi connectivity index (χ1v) is 10.2. The number of rotatable bonds is 5. The third-order valence-corrected chi connectivity index (χ3v) is 5.37. The molecule has 1 amide bonds. The number of halogens is 2. The SMILES string of the molecule is CC(OC(=O)c1ccccc1-c1nc2ccccc2[nH]1)C(=O)Nc1ccc(Cl)c(Cl)c1. The van der Waals surface area contributed by atoms with Crippen LogP contribution in [0.2, 0.25) is 10.0 Å². The van der Waals surface area contributed by atoms with Gasteiger partial charge in [0.25, 0.3) is 5.91 Å². The standard InChI is InChI=1S/C23H17Cl2N3O3/c1-13(22(29)26-14-10-11-17(24)18(25)12-14)31-23(30)16-7-3-2-6-15(16)21-27-19-8-4-5-9-20(19)28-21/h2-13H,1H3,(H,26,29)(H,27,28). The number of aromatic amines is 1. The zero-order chi connectivity index (χ0) is 22.0. The summed E-state index contributed by atoms with van der Waals surface area (Å²) in [6, 6.07) is 19.2. The third-order valence-electron chi connectivity index (χ3n) is 4.63. The van der Waals surface area contributed by atoms with E-state index in [2.05, 4.69) is 15.3 Å². The van der Waals surface area contributed by atoms with Gasteiger partial charge in [-0.15, -0.1) is 0 Å². The van der Waals surface area contributed by atoms with Gasteiger partial charge < -0.3 is 15.0 Å². The molecule has 1 atom stereocenters. The highest BCUT2D eigenvalue weighted by Gasteiger charge is 2.22. The van der Waals surface area contributed by atoms with Crippen molar-refractivity contribution in [2.75, 3.05) is 5.32 Å². The summed E-state index contributed by atoms with van der Waals surface area (Å²) in [6.45, 7) is 1.49. The average molecular weight is 454 g/mol. The van der Waals surface area contributed by atoms with Crippen LogP contribution >= 0.6 is 23.2 Å². The third kappa shape index (κ3) is 4.55. The van der Waals surface area contributed by atoms with Crippen molar-refractivity contribution in [2.24, 2.45) is 0 Å². The summed E-state index contributed by atoms with van der Waals surface area (Å²) in [4.78, 5) is 33.1. The molecule has 4 rings (SSSR count). The van der Waals surface area contributed by atoms with Crippen molar-refractivity contribution >= 4 is 51.8 Å². The normalized spacial score (nSPS) is 11.8. The minimum absolute atomic E-state index is 0.302. The second kappa shape index (κ2) is 8.79. The van der Waals surface area contributed by atoms with Crippen molar-refractivity contribution in [3.8, 4) is 11.4 Å². The van der Waals surface area contributed by atoms with Gasteiger partial charge in [0.05, 0.1) is 26.6 Å². The fraction of sp³-hybridized carbons (Fsp3) is 0.0870. The van der Waals surface area contributed by atoms with Crippen LogP contribution in [0.3, 0.4) is 0 Å². The Morgan fingerprint density at radius 3 is 2.52 bits per heavy atom. The van der Waals surface area contributed by atoms with Gasteiger partial charge in [-0.2, -0.15) is 0 Å². The number of nitrogens with one attached hydrogen (secondary N) is 2. The zero-order valence-electron chi connectivity index (χ0n) is 16.4. The highest BCUT2D eigenvalue weighted by molar-refractivity contribution is 6.42. The molecule has 4 aromatic rings. The Bertz CT molecular complexity index is 1250. The Labute approximate surface area is 188 Å². The van der Waals surface area contributed by atoms with E-state index in [9.17, 15) is 9.59 Å². The first-order valence-electron chi connectivity index (χ1n) is 9.43. The summed E-state index contributed by atoms with van der Waals surface area (Å²) in [7, 11) is 0. The van der Waals surface area contributed by atoms with Crippen LogP contribution in [0.25, 0.3) is 22.4 Å². The van der Waals surface area contributed by atoms with Crippen LogP contribution in [0, 0.1) is 0 Å². The van der Waals surface area contributed by atoms with Gasteiger partial charge in [0.15, 0.2) is 6.10 Å². The van der Waals surface area contributed by atoms with Gasteiger partial charge >= 0.3 is 5.97 Å². The van der Waals surface area contributed by atoms with Crippen LogP contribution < -0.4 is 5.32 Å². The lowest BCUT2D eigenvalue weighted by atomic mass is 10.1. The molecule has 0 aliphatic carbocycles. The highest BCUT2D eigenvalue weighted by Crippen LogP contribution is 2.26. The molecule has 0 spiro atoms. The van der Waals surface area contributed by atoms with Crippen molar-refractivity contribution in [1.82, 2.24) is 9.97 Å². The summed E-state index contributed by atoms with van der Waals surface area (Å²) in [5.41, 5.74) is 2.98. The fourth-order valence-electron chi connectivity index (χ4n) is 3.04. The fourth-order valence-corrected chi connectivity index (χ4v) is 3.34. The lowest BCUT2D eigenvalue weighted by Crippen LogP contribution is -2.30. The molecule has 8 heteroatoms. The Morgan fingerprint density at radius 1 is 1.00 bits per heavy atom. The number of carbonyl (C=O) groups is 2. The summed E-state index contributed by atoms with van der Waals surface area (Å²) >= 11 is 11.9. The molecule has 1 aromatic heterocycles. The lowest BCUT2D eigenvalue weighted by molar-refractivity contribution is -0.123. The first kappa shape index (κ1) is 20.9. The molecule has 156 valence electrons. The van der Waals surface area contributed by atoms with Gasteiger partial charge in [-0.05, 0) is 43.3 Å². The number of anilines is 1. The number of hydrogen-bond donors (Lipinski definition) is 2. The molecule has 0 saturated heterocycles. The molecule has 0 fully saturated rings. The molecular formula is C23H17Cl2N3O3. The first-order chi connectivity index (χ1) is 14.9. The number of nitrogens with zero attached hydrogens (tertiary/aromatic N) is 1. The Hall–Kier alpha value is -3.35. The van der Waals surface area contributed by atoms with Gasteiger partial charge in [-0.3, -0.25) is 4.79 Å². The number of fused-ring (bicyclic) bond motifs is 1. The molecular weight excluding hydrogens is 437 g/mol. The van der Waals surface area contributed by atoms with Crippen molar-refractivity contribution in [2.45, 2.75) is 13.0 Å². The van der Waals surface area contributed by atoms with Gasteiger partial charge in [0.2, 0.25) is 0 Å². The quantitative estimate of drug-likeness (QED) is 0.378. The van der Waals surface area contributed by atoms with Crippen molar-refractivity contribution in [1.29, 1.82) is 0 Å². The van der Waals surface area contributed by atoms with Crippen LogP contribution in [0.4, 0.5) is 5.69 Å². The molecule has 6 nitrogen and oxygen atoms in total. The molecule has 1 heterocycles. The number of imidazole rings is 1. The predicted molar refractivity (Wildman–Crippen MR) is 121 cm³/mol. The highest BCUT2D eigenvalue weighted by atomic mass is 35.5. The largest absolute Gasteiger partial charge is 0.449 e. The Balaban J connectivity index is 1.52. The number of para-hydroxylation sites is 2. The molecule has 31 heavy (non-hydrogen) atoms. The van der Waals surface area contributed by atoms with Gasteiger partial charge in [0.1, 0.15) is 5.82 Å². The Kier molecular flexibility index (Phi) is 5.93. The molecule has 0 aliphatic heterocycles. The van der Waals surface area contributed by atoms with Gasteiger partial charge in [0, 0.05) is 11.3 Å². The number of benzene rings is 3. The summed E-state index contributed by atoms with van der Waals surface area (Å²) in [5.74, 6) is -0.581. The van der Waals surface area contributed by atoms with Crippen molar-refractivity contribution < 1.29 is 14.3 Å². The van der Waals surface area contributed by atoms with E-state index in [4.69, 9.17) is 27.9 Å². The molecule has 0 bridgehead atoms. The average Bonchev–Trinajstić information content (AvgIpc) is 3.20. The van der Waals surface area contributed by atoms with Crippen molar-refractivity contribution in [3.05, 3.63) is 82.3 Å². The van der Waals surface area contributed by atoms with E-state index in [1.165, 1.54) is 13.0 Å². The Morgan fingerprint density at radius 2 is 1.74 bits per heavy atom. The van der Waals surface area contributed by atoms with Gasteiger partial charge in [-0.1, -0.05) is 53.5 Å². The van der Waals surface area contributed by atoms with E-state index in [1.807, 2.05) is 24.3 Å². The minimum Gasteiger partial charge on any atom is -0.449 e. The smallest absolute Gasteiger partial charge is 0.339 e. The second-order valence-electron chi connectivity index (χ2n) is 6.81. The molecule has 3 aromatic carbocycles. The van der Waals surface area contributed by atoms with Gasteiger partial charge in [-0.25, -0.2) is 9.78 Å². The van der Waals surface area contributed by atoms with Crippen LogP contribution in [-0.2, 0) is 9.53 Å². The van der Waals surface area contributed by atoms with E-state index >= 15 is 0 Å². The topological polar surface area (TPSA) is 84.1 Å². The minimum atomic E-state index is -1.04. The van der Waals surface area contributed by atoms with Crippen LogP contribution in [0.5, 0.6) is 0 Å². The van der Waals surface area contributed by atoms with Crippen LogP contribution in [-0.4, -0.2) is 27.9 Å². The molecule has 1 unspecified atom stereocenters. The van der Waals surface area contributed by atoms with E-state index in [0.717, 1.165) is 11.0 Å². The summed E-state index contributed by atoms with van der Waals surface area (Å²) in [6.07, 6.45) is -1.04. The van der Waals surface area contributed by atoms with E-state index in [1.54, 1.807) is 36.4 Å². The maximum absolute atomic E-state index is 12.8. The van der Waals surface area contributed by atoms with E-state index in [0.29, 0.717) is 32.7 Å². The van der Waals surface area contributed by atoms with Crippen molar-refractivity contribution in [3.63, 3.8) is 0 Å². The zero-order valence-corrected chi connectivity index (χ0v) is 17.9. The number of ether oxygens (including phenoxy) is 1. The van der Waals surface area contributed by atoms with Crippen LogP contribution in [0.1, 0.15) is 17.3 Å². The number of esters is 1. The monoisotopic (exact) mass is 453 g/mol. The van der Waals surface area contributed by atoms with E-state index < -0.39 is 18.0 Å². The lowest BCUT2D eigenvalue weighted by Gasteiger charge is -2.15. The number of hydrogen-bond acceptors (Lipinski definition) is 4. The molecule has 2 N–H and O–H groups in total. The number of amides is 1. The molecule has 0 saturated carbocycles. The molecule has 0 aliphatic rings. The second-order valence-corrected chi connectivity index (χ2v) is 7.63. The maximum atomic E-state index is 12.8. The summed E-state index contributed by atoms with van der Waals surface area (Å²) < 4.78 is 5.41. The predicted octanol–water partition coefficient (Wildman–Crippen LogP) is 5.72. The summed E-state index contributed by atoms with van der Waals surface area (Å²) in [5, 5.41) is 3.34.